The van der Waals surface area contributed by atoms with Crippen LogP contribution >= 0.6 is 0 Å². The number of hydrogen-bond acceptors (Lipinski definition) is 2. The lowest BCUT2D eigenvalue weighted by atomic mass is 9.83. The molecule has 0 saturated carbocycles. The molecular formula is C25H34N2. The van der Waals surface area contributed by atoms with E-state index in [2.05, 4.69) is 98.7 Å². The van der Waals surface area contributed by atoms with E-state index in [1.54, 1.807) is 0 Å². The Labute approximate surface area is 165 Å². The molecule has 0 bridgehead atoms. The van der Waals surface area contributed by atoms with E-state index in [1.165, 1.54) is 22.3 Å². The molecule has 144 valence electrons. The lowest BCUT2D eigenvalue weighted by Crippen LogP contribution is -2.13. The highest BCUT2D eigenvalue weighted by atomic mass is 14.8. The Morgan fingerprint density at radius 3 is 1.74 bits per heavy atom. The maximum Gasteiger partial charge on any atom is 0.0705 e. The van der Waals surface area contributed by atoms with Crippen LogP contribution in [0, 0.1) is 13.8 Å². The van der Waals surface area contributed by atoms with Crippen LogP contribution in [0.4, 0.5) is 11.4 Å². The summed E-state index contributed by atoms with van der Waals surface area (Å²) < 4.78 is 0. The molecule has 2 nitrogen and oxygen atoms in total. The molecule has 0 N–H and O–H groups in total. The number of para-hydroxylation sites is 2. The highest BCUT2D eigenvalue weighted by Gasteiger charge is 2.21. The monoisotopic (exact) mass is 362 g/mol. The van der Waals surface area contributed by atoms with Crippen molar-refractivity contribution in [2.75, 3.05) is 0 Å². The molecule has 0 aliphatic heterocycles. The first-order valence-corrected chi connectivity index (χ1v) is 9.83. The minimum atomic E-state index is 0.0433. The first-order chi connectivity index (χ1) is 12.5. The third-order valence-electron chi connectivity index (χ3n) is 5.02. The maximum absolute atomic E-state index is 5.09. The van der Waals surface area contributed by atoms with Crippen molar-refractivity contribution < 1.29 is 0 Å². The molecule has 2 aromatic rings. The van der Waals surface area contributed by atoms with Crippen molar-refractivity contribution in [3.05, 3.63) is 58.7 Å². The van der Waals surface area contributed by atoms with E-state index in [0.29, 0.717) is 5.92 Å². The second-order valence-electron chi connectivity index (χ2n) is 8.78. The number of hydrogen-bond donors (Lipinski definition) is 0. The fourth-order valence-electron chi connectivity index (χ4n) is 3.24. The summed E-state index contributed by atoms with van der Waals surface area (Å²) in [6, 6.07) is 12.9. The normalized spacial score (nSPS) is 13.4. The summed E-state index contributed by atoms with van der Waals surface area (Å²) in [5.74, 6) is 0.426. The van der Waals surface area contributed by atoms with Crippen molar-refractivity contribution in [2.24, 2.45) is 9.98 Å². The van der Waals surface area contributed by atoms with E-state index in [1.807, 2.05) is 0 Å². The molecule has 27 heavy (non-hydrogen) atoms. The van der Waals surface area contributed by atoms with Crippen molar-refractivity contribution in [3.8, 4) is 0 Å². The fourth-order valence-corrected chi connectivity index (χ4v) is 3.24. The summed E-state index contributed by atoms with van der Waals surface area (Å²) in [4.78, 5) is 9.99. The quantitative estimate of drug-likeness (QED) is 0.500. The Morgan fingerprint density at radius 2 is 1.26 bits per heavy atom. The van der Waals surface area contributed by atoms with E-state index in [9.17, 15) is 0 Å². The van der Waals surface area contributed by atoms with Crippen LogP contribution < -0.4 is 0 Å². The van der Waals surface area contributed by atoms with Crippen LogP contribution in [-0.2, 0) is 5.41 Å². The molecule has 0 saturated heterocycles. The van der Waals surface area contributed by atoms with Crippen molar-refractivity contribution >= 4 is 22.8 Å². The van der Waals surface area contributed by atoms with Gasteiger partial charge in [0, 0.05) is 0 Å². The first-order valence-electron chi connectivity index (χ1n) is 9.83. The smallest absolute Gasteiger partial charge is 0.0705 e. The lowest BCUT2D eigenvalue weighted by Gasteiger charge is -2.24. The molecule has 0 amide bonds. The van der Waals surface area contributed by atoms with Crippen molar-refractivity contribution in [1.29, 1.82) is 0 Å². The number of aryl methyl sites for hydroxylation is 2. The third-order valence-corrected chi connectivity index (χ3v) is 5.02. The molecule has 2 rings (SSSR count). The summed E-state index contributed by atoms with van der Waals surface area (Å²) in [6.07, 6.45) is 0. The van der Waals surface area contributed by atoms with Gasteiger partial charge in [-0.15, -0.1) is 0 Å². The number of aliphatic imine (C=N–C) groups is 2. The van der Waals surface area contributed by atoms with Gasteiger partial charge in [0.1, 0.15) is 0 Å². The van der Waals surface area contributed by atoms with E-state index < -0.39 is 0 Å². The molecule has 0 spiro atoms. The van der Waals surface area contributed by atoms with Crippen molar-refractivity contribution in [1.82, 2.24) is 0 Å². The van der Waals surface area contributed by atoms with Gasteiger partial charge in [0.05, 0.1) is 22.8 Å². The van der Waals surface area contributed by atoms with Crippen LogP contribution in [0.25, 0.3) is 0 Å². The Bertz CT molecular complexity index is 857. The summed E-state index contributed by atoms with van der Waals surface area (Å²) >= 11 is 0. The highest BCUT2D eigenvalue weighted by Crippen LogP contribution is 2.37. The van der Waals surface area contributed by atoms with E-state index >= 15 is 0 Å². The Balaban J connectivity index is 2.59. The summed E-state index contributed by atoms with van der Waals surface area (Å²) in [7, 11) is 0. The van der Waals surface area contributed by atoms with Gasteiger partial charge in [-0.25, -0.2) is 0 Å². The van der Waals surface area contributed by atoms with E-state index in [-0.39, 0.29) is 5.41 Å². The maximum atomic E-state index is 5.09. The Kier molecular flexibility index (Phi) is 6.41. The minimum absolute atomic E-state index is 0.0433. The van der Waals surface area contributed by atoms with Gasteiger partial charge in [0.2, 0.25) is 0 Å². The van der Waals surface area contributed by atoms with Gasteiger partial charge in [-0.1, -0.05) is 71.0 Å². The van der Waals surface area contributed by atoms with E-state index in [0.717, 1.165) is 22.8 Å². The van der Waals surface area contributed by atoms with Gasteiger partial charge >= 0.3 is 0 Å². The predicted octanol–water partition coefficient (Wildman–Crippen LogP) is 7.61. The van der Waals surface area contributed by atoms with Gasteiger partial charge in [-0.3, -0.25) is 9.98 Å². The van der Waals surface area contributed by atoms with Crippen LogP contribution in [0.2, 0.25) is 0 Å². The van der Waals surface area contributed by atoms with Crippen LogP contribution in [-0.4, -0.2) is 11.4 Å². The molecule has 0 fully saturated rings. The molecule has 0 heterocycles. The van der Waals surface area contributed by atoms with Crippen molar-refractivity contribution in [2.45, 2.75) is 73.6 Å². The Hall–Kier alpha value is -2.22. The second kappa shape index (κ2) is 8.21. The largest absolute Gasteiger partial charge is 0.251 e. The zero-order chi connectivity index (χ0) is 20.4. The molecule has 0 unspecified atom stereocenters. The molecule has 0 atom stereocenters. The van der Waals surface area contributed by atoms with Gasteiger partial charge in [0.15, 0.2) is 0 Å². The highest BCUT2D eigenvalue weighted by molar-refractivity contribution is 6.41. The average Bonchev–Trinajstić information content (AvgIpc) is 2.57. The SMILES string of the molecule is CC(=Nc1c(C)cccc1C)C(C)=Nc1c(C(C)C)cccc1C(C)(C)C. The summed E-state index contributed by atoms with van der Waals surface area (Å²) in [6.45, 7) is 19.5. The molecular weight excluding hydrogens is 328 g/mol. The predicted molar refractivity (Wildman–Crippen MR) is 121 cm³/mol. The van der Waals surface area contributed by atoms with Crippen LogP contribution in [0.3, 0.4) is 0 Å². The number of nitrogens with zero attached hydrogens (tertiary/aromatic N) is 2. The third kappa shape index (κ3) is 4.94. The van der Waals surface area contributed by atoms with Crippen LogP contribution in [0.15, 0.2) is 46.4 Å². The van der Waals surface area contributed by atoms with Crippen LogP contribution in [0.5, 0.6) is 0 Å². The van der Waals surface area contributed by atoms with E-state index in [4.69, 9.17) is 9.98 Å². The summed E-state index contributed by atoms with van der Waals surface area (Å²) in [5, 5.41) is 0. The first kappa shape index (κ1) is 21.1. The van der Waals surface area contributed by atoms with Gasteiger partial charge in [-0.2, -0.15) is 0 Å². The second-order valence-corrected chi connectivity index (χ2v) is 8.78. The molecule has 2 aromatic carbocycles. The van der Waals surface area contributed by atoms with Gasteiger partial charge in [0.25, 0.3) is 0 Å². The standard InChI is InChI=1S/C25H34N2/c1-16(2)21-14-11-15-22(25(7,8)9)24(21)27-20(6)19(5)26-23-17(3)12-10-13-18(23)4/h10-16H,1-9H3. The summed E-state index contributed by atoms with van der Waals surface area (Å²) in [5.41, 5.74) is 9.10. The van der Waals surface area contributed by atoms with Crippen molar-refractivity contribution in [3.63, 3.8) is 0 Å². The number of rotatable bonds is 4. The zero-order valence-electron chi connectivity index (χ0n) is 18.4. The van der Waals surface area contributed by atoms with Gasteiger partial charge < -0.3 is 0 Å². The Morgan fingerprint density at radius 1 is 0.778 bits per heavy atom. The lowest BCUT2D eigenvalue weighted by molar-refractivity contribution is 0.590. The van der Waals surface area contributed by atoms with Gasteiger partial charge in [-0.05, 0) is 61.3 Å². The zero-order valence-corrected chi connectivity index (χ0v) is 18.4. The molecule has 0 aromatic heterocycles. The molecule has 0 radical (unpaired) electrons. The number of benzene rings is 2. The molecule has 0 aliphatic carbocycles. The topological polar surface area (TPSA) is 24.7 Å². The molecule has 0 aliphatic rings. The average molecular weight is 363 g/mol. The van der Waals surface area contributed by atoms with Crippen LogP contribution in [0.1, 0.15) is 76.6 Å². The minimum Gasteiger partial charge on any atom is -0.251 e. The fraction of sp³-hybridized carbons (Fsp3) is 0.440. The molecule has 2 heteroatoms.